The van der Waals surface area contributed by atoms with Gasteiger partial charge >= 0.3 is 5.97 Å². The number of benzene rings is 3. The summed E-state index contributed by atoms with van der Waals surface area (Å²) in [4.78, 5) is 36.6. The second kappa shape index (κ2) is 10.2. The van der Waals surface area contributed by atoms with Crippen molar-refractivity contribution in [2.24, 2.45) is 0 Å². The summed E-state index contributed by atoms with van der Waals surface area (Å²) in [5, 5.41) is 13.9. The first kappa shape index (κ1) is 24.6. The Labute approximate surface area is 195 Å². The second-order valence-electron chi connectivity index (χ2n) is 7.20. The number of amides is 1. The van der Waals surface area contributed by atoms with Crippen LogP contribution in [0.3, 0.4) is 0 Å². The number of hydrogen-bond donors (Lipinski definition) is 2. The lowest BCUT2D eigenvalue weighted by atomic mass is 10.1. The van der Waals surface area contributed by atoms with Crippen LogP contribution in [0.25, 0.3) is 0 Å². The molecule has 11 heteroatoms. The smallest absolute Gasteiger partial charge is 0.339 e. The molecular weight excluding hydrogens is 462 g/mol. The fourth-order valence-corrected chi connectivity index (χ4v) is 3.86. The molecule has 176 valence electrons. The minimum absolute atomic E-state index is 0.0558. The average Bonchev–Trinajstić information content (AvgIpc) is 2.83. The van der Waals surface area contributed by atoms with Crippen LogP contribution in [-0.4, -0.2) is 32.3 Å². The van der Waals surface area contributed by atoms with E-state index in [9.17, 15) is 28.1 Å². The van der Waals surface area contributed by atoms with Crippen molar-refractivity contribution in [2.45, 2.75) is 17.9 Å². The van der Waals surface area contributed by atoms with Gasteiger partial charge in [0.05, 0.1) is 15.4 Å². The van der Waals surface area contributed by atoms with Crippen molar-refractivity contribution >= 4 is 33.3 Å². The minimum atomic E-state index is -3.81. The predicted octanol–water partition coefficient (Wildman–Crippen LogP) is 3.35. The molecule has 0 spiro atoms. The van der Waals surface area contributed by atoms with Crippen LogP contribution in [0.2, 0.25) is 0 Å². The van der Waals surface area contributed by atoms with Crippen molar-refractivity contribution in [2.75, 3.05) is 12.4 Å². The number of carbonyl (C=O) groups is 2. The monoisotopic (exact) mass is 483 g/mol. The standard InChI is InChI=1S/C23H21N3O7S/c1-15-11-12-19(20(13-15)26(29)30)25-22(27)21(16-7-4-3-5-8-16)33-23(28)17-9-6-10-18(14-17)34(31,32)24-2/h3-14,21,24H,1-2H3,(H,25,27). The maximum Gasteiger partial charge on any atom is 0.339 e. The van der Waals surface area contributed by atoms with E-state index in [-0.39, 0.29) is 21.8 Å². The molecule has 3 aromatic carbocycles. The zero-order chi connectivity index (χ0) is 24.9. The van der Waals surface area contributed by atoms with Gasteiger partial charge in [0.2, 0.25) is 16.1 Å². The van der Waals surface area contributed by atoms with Crippen LogP contribution in [0.15, 0.2) is 77.7 Å². The van der Waals surface area contributed by atoms with Crippen LogP contribution in [0.5, 0.6) is 0 Å². The summed E-state index contributed by atoms with van der Waals surface area (Å²) in [6, 6.07) is 17.5. The SMILES string of the molecule is CNS(=O)(=O)c1cccc(C(=O)OC(C(=O)Nc2ccc(C)cc2[N+](=O)[O-])c2ccccc2)c1. The molecule has 0 aromatic heterocycles. The van der Waals surface area contributed by atoms with Crippen molar-refractivity contribution in [1.82, 2.24) is 4.72 Å². The van der Waals surface area contributed by atoms with E-state index < -0.39 is 32.9 Å². The number of hydrogen-bond acceptors (Lipinski definition) is 7. The number of aryl methyl sites for hydroxylation is 1. The van der Waals surface area contributed by atoms with Gasteiger partial charge in [-0.3, -0.25) is 14.9 Å². The van der Waals surface area contributed by atoms with Crippen molar-refractivity contribution in [1.29, 1.82) is 0 Å². The van der Waals surface area contributed by atoms with Gasteiger partial charge in [-0.05, 0) is 43.8 Å². The van der Waals surface area contributed by atoms with Gasteiger partial charge in [-0.2, -0.15) is 0 Å². The zero-order valence-corrected chi connectivity index (χ0v) is 19.0. The first-order valence-electron chi connectivity index (χ1n) is 9.98. The molecule has 0 saturated carbocycles. The summed E-state index contributed by atoms with van der Waals surface area (Å²) in [5.41, 5.74) is 0.497. The summed E-state index contributed by atoms with van der Waals surface area (Å²) in [7, 11) is -2.57. The summed E-state index contributed by atoms with van der Waals surface area (Å²) >= 11 is 0. The van der Waals surface area contributed by atoms with Gasteiger partial charge in [-0.15, -0.1) is 0 Å². The number of ether oxygens (including phenoxy) is 1. The molecule has 0 saturated heterocycles. The van der Waals surface area contributed by atoms with Gasteiger partial charge in [0.15, 0.2) is 0 Å². The largest absolute Gasteiger partial charge is 0.444 e. The second-order valence-corrected chi connectivity index (χ2v) is 9.08. The van der Waals surface area contributed by atoms with E-state index in [2.05, 4.69) is 10.0 Å². The van der Waals surface area contributed by atoms with Crippen LogP contribution < -0.4 is 10.0 Å². The molecule has 2 N–H and O–H groups in total. The van der Waals surface area contributed by atoms with Crippen molar-refractivity contribution in [3.8, 4) is 0 Å². The van der Waals surface area contributed by atoms with Crippen LogP contribution >= 0.6 is 0 Å². The molecule has 3 rings (SSSR count). The number of nitrogens with one attached hydrogen (secondary N) is 2. The number of anilines is 1. The third-order valence-corrected chi connectivity index (χ3v) is 6.23. The Morgan fingerprint density at radius 3 is 2.35 bits per heavy atom. The number of nitro groups is 1. The number of nitrogens with zero attached hydrogens (tertiary/aromatic N) is 1. The molecule has 0 radical (unpaired) electrons. The molecule has 0 bridgehead atoms. The maximum absolute atomic E-state index is 13.1. The Morgan fingerprint density at radius 2 is 1.71 bits per heavy atom. The highest BCUT2D eigenvalue weighted by Crippen LogP contribution is 2.28. The van der Waals surface area contributed by atoms with Gasteiger partial charge in [-0.1, -0.05) is 42.5 Å². The number of nitro benzene ring substituents is 1. The van der Waals surface area contributed by atoms with Crippen molar-refractivity contribution in [3.05, 3.63) is 99.6 Å². The number of esters is 1. The van der Waals surface area contributed by atoms with E-state index in [1.54, 1.807) is 43.3 Å². The third kappa shape index (κ3) is 5.63. The van der Waals surface area contributed by atoms with E-state index in [1.165, 1.54) is 37.4 Å². The summed E-state index contributed by atoms with van der Waals surface area (Å²) in [5.74, 6) is -1.76. The zero-order valence-electron chi connectivity index (χ0n) is 18.2. The van der Waals surface area contributed by atoms with Gasteiger partial charge in [0, 0.05) is 11.6 Å². The highest BCUT2D eigenvalue weighted by Gasteiger charge is 2.28. The first-order valence-corrected chi connectivity index (χ1v) is 11.5. The van der Waals surface area contributed by atoms with E-state index in [0.29, 0.717) is 11.1 Å². The van der Waals surface area contributed by atoms with Gasteiger partial charge in [-0.25, -0.2) is 17.9 Å². The Hall–Kier alpha value is -4.09. The summed E-state index contributed by atoms with van der Waals surface area (Å²) in [6.45, 7) is 1.68. The molecule has 10 nitrogen and oxygen atoms in total. The maximum atomic E-state index is 13.1. The summed E-state index contributed by atoms with van der Waals surface area (Å²) < 4.78 is 31.7. The fourth-order valence-electron chi connectivity index (χ4n) is 3.08. The molecule has 0 aliphatic carbocycles. The number of rotatable bonds is 8. The quantitative estimate of drug-likeness (QED) is 0.284. The molecule has 1 amide bonds. The topological polar surface area (TPSA) is 145 Å². The average molecular weight is 484 g/mol. The number of carbonyl (C=O) groups excluding carboxylic acids is 2. The van der Waals surface area contributed by atoms with E-state index in [0.717, 1.165) is 6.07 Å². The Bertz CT molecular complexity index is 1340. The minimum Gasteiger partial charge on any atom is -0.444 e. The predicted molar refractivity (Wildman–Crippen MR) is 124 cm³/mol. The summed E-state index contributed by atoms with van der Waals surface area (Å²) in [6.07, 6.45) is -1.46. The van der Waals surface area contributed by atoms with E-state index in [1.807, 2.05) is 0 Å². The highest BCUT2D eigenvalue weighted by molar-refractivity contribution is 7.89. The lowest BCUT2D eigenvalue weighted by Gasteiger charge is -2.18. The molecule has 0 heterocycles. The normalized spacial score (nSPS) is 11.9. The molecule has 1 unspecified atom stereocenters. The van der Waals surface area contributed by atoms with E-state index >= 15 is 0 Å². The molecule has 0 fully saturated rings. The Morgan fingerprint density at radius 1 is 1.00 bits per heavy atom. The first-order chi connectivity index (χ1) is 16.1. The number of sulfonamides is 1. The lowest BCUT2D eigenvalue weighted by Crippen LogP contribution is -2.26. The fraction of sp³-hybridized carbons (Fsp3) is 0.130. The lowest BCUT2D eigenvalue weighted by molar-refractivity contribution is -0.384. The van der Waals surface area contributed by atoms with Crippen LogP contribution in [0.1, 0.15) is 27.6 Å². The van der Waals surface area contributed by atoms with Crippen LogP contribution in [-0.2, 0) is 19.6 Å². The van der Waals surface area contributed by atoms with Crippen LogP contribution in [0, 0.1) is 17.0 Å². The van der Waals surface area contributed by atoms with Crippen LogP contribution in [0.4, 0.5) is 11.4 Å². The molecule has 3 aromatic rings. The van der Waals surface area contributed by atoms with Gasteiger partial charge in [0.1, 0.15) is 5.69 Å². The van der Waals surface area contributed by atoms with Crippen molar-refractivity contribution in [3.63, 3.8) is 0 Å². The van der Waals surface area contributed by atoms with Gasteiger partial charge in [0.25, 0.3) is 11.6 Å². The van der Waals surface area contributed by atoms with Crippen molar-refractivity contribution < 1.29 is 27.7 Å². The molecule has 1 atom stereocenters. The third-order valence-electron chi connectivity index (χ3n) is 4.82. The molecular formula is C23H21N3O7S. The molecule has 34 heavy (non-hydrogen) atoms. The van der Waals surface area contributed by atoms with Gasteiger partial charge < -0.3 is 10.1 Å². The van der Waals surface area contributed by atoms with E-state index in [4.69, 9.17) is 4.74 Å². The molecule has 0 aliphatic rings. The highest BCUT2D eigenvalue weighted by atomic mass is 32.2. The Kier molecular flexibility index (Phi) is 7.39. The molecule has 0 aliphatic heterocycles. The Balaban J connectivity index is 1.93.